The van der Waals surface area contributed by atoms with Crippen molar-refractivity contribution >= 4 is 27.6 Å². The molecule has 0 spiro atoms. The molecular formula is C20H20N4O6S. The number of anilines is 1. The second-order valence-electron chi connectivity index (χ2n) is 6.39. The first kappa shape index (κ1) is 22.2. The smallest absolute Gasteiger partial charge is 0.343 e. The molecule has 0 bridgehead atoms. The number of ether oxygens (including phenoxy) is 1. The number of nitrogens with one attached hydrogen (secondary N) is 1. The van der Waals surface area contributed by atoms with Crippen LogP contribution in [-0.4, -0.2) is 48.7 Å². The van der Waals surface area contributed by atoms with E-state index in [9.17, 15) is 18.0 Å². The highest BCUT2D eigenvalue weighted by molar-refractivity contribution is 7.89. The fourth-order valence-corrected chi connectivity index (χ4v) is 3.50. The lowest BCUT2D eigenvalue weighted by Crippen LogP contribution is -2.25. The molecule has 3 rings (SSSR count). The molecule has 0 fully saturated rings. The zero-order chi connectivity index (χ0) is 22.6. The summed E-state index contributed by atoms with van der Waals surface area (Å²) < 4.78 is 31.9. The van der Waals surface area contributed by atoms with Crippen molar-refractivity contribution < 1.29 is 27.6 Å². The molecule has 2 aromatic carbocycles. The van der Waals surface area contributed by atoms with E-state index in [0.717, 1.165) is 4.47 Å². The number of aromatic nitrogens is 2. The third-order valence-electron chi connectivity index (χ3n) is 4.27. The fraction of sp³-hybridized carbons (Fsp3) is 0.150. The third-order valence-corrected chi connectivity index (χ3v) is 5.97. The van der Waals surface area contributed by atoms with Gasteiger partial charge in [0.2, 0.25) is 0 Å². The fourth-order valence-electron chi connectivity index (χ4n) is 2.52. The van der Waals surface area contributed by atoms with E-state index in [4.69, 9.17) is 9.57 Å². The minimum Gasteiger partial charge on any atom is -0.423 e. The molecule has 3 aromatic rings. The molecule has 0 atom stereocenters. The molecule has 0 unspecified atom stereocenters. The molecule has 0 aliphatic rings. The molecule has 162 valence electrons. The van der Waals surface area contributed by atoms with Gasteiger partial charge < -0.3 is 10.1 Å². The van der Waals surface area contributed by atoms with Gasteiger partial charge in [-0.25, -0.2) is 13.2 Å². The number of aryl methyl sites for hydroxylation is 1. The molecule has 31 heavy (non-hydrogen) atoms. The number of rotatable bonds is 7. The van der Waals surface area contributed by atoms with Gasteiger partial charge in [0.1, 0.15) is 5.75 Å². The number of benzene rings is 2. The molecule has 0 saturated heterocycles. The van der Waals surface area contributed by atoms with E-state index < -0.39 is 16.0 Å². The Morgan fingerprint density at radius 2 is 1.68 bits per heavy atom. The number of sulfonamides is 1. The van der Waals surface area contributed by atoms with E-state index in [-0.39, 0.29) is 22.1 Å². The van der Waals surface area contributed by atoms with Crippen LogP contribution in [0.2, 0.25) is 0 Å². The number of nitrogens with zero attached hydrogens (tertiary/aromatic N) is 3. The van der Waals surface area contributed by atoms with Crippen LogP contribution in [0.25, 0.3) is 0 Å². The second-order valence-corrected chi connectivity index (χ2v) is 8.33. The number of esters is 1. The summed E-state index contributed by atoms with van der Waals surface area (Å²) in [6, 6.07) is 11.5. The van der Waals surface area contributed by atoms with E-state index in [1.54, 1.807) is 25.4 Å². The van der Waals surface area contributed by atoms with Gasteiger partial charge in [0.25, 0.3) is 15.9 Å². The summed E-state index contributed by atoms with van der Waals surface area (Å²) in [5, 5.41) is 6.66. The zero-order valence-electron chi connectivity index (χ0n) is 17.0. The Morgan fingerprint density at radius 1 is 1.03 bits per heavy atom. The van der Waals surface area contributed by atoms with Crippen LogP contribution in [0.5, 0.6) is 5.75 Å². The Hall–Kier alpha value is -3.54. The number of hydrogen-bond donors (Lipinski definition) is 1. The van der Waals surface area contributed by atoms with Crippen LogP contribution in [-0.2, 0) is 21.9 Å². The molecule has 11 heteroatoms. The van der Waals surface area contributed by atoms with Gasteiger partial charge >= 0.3 is 5.97 Å². The van der Waals surface area contributed by atoms with Crippen molar-refractivity contribution in [2.75, 3.05) is 19.5 Å². The maximum absolute atomic E-state index is 12.3. The van der Waals surface area contributed by atoms with Crippen LogP contribution in [0.3, 0.4) is 0 Å². The predicted octanol–water partition coefficient (Wildman–Crippen LogP) is 2.07. The summed E-state index contributed by atoms with van der Waals surface area (Å²) in [4.78, 5) is 29.1. The van der Waals surface area contributed by atoms with Crippen molar-refractivity contribution in [3.8, 4) is 5.75 Å². The standard InChI is InChI=1S/C20H20N4O6S/c1-23-13-15(12-21-23)19(25)22-16-6-8-17(9-7-16)30-20(26)14-4-10-18(11-5-14)31(27,28)24(2)29-3/h4-13H,1-3H3,(H,22,25). The maximum atomic E-state index is 12.3. The van der Waals surface area contributed by atoms with E-state index in [0.29, 0.717) is 11.3 Å². The minimum absolute atomic E-state index is 0.0258. The van der Waals surface area contributed by atoms with Crippen molar-refractivity contribution in [1.82, 2.24) is 14.2 Å². The first-order valence-corrected chi connectivity index (χ1v) is 10.4. The van der Waals surface area contributed by atoms with Gasteiger partial charge in [0, 0.05) is 26.0 Å². The first-order valence-electron chi connectivity index (χ1n) is 8.96. The van der Waals surface area contributed by atoms with Crippen molar-refractivity contribution in [2.45, 2.75) is 4.90 Å². The minimum atomic E-state index is -3.80. The quantitative estimate of drug-likeness (QED) is 0.336. The average Bonchev–Trinajstić information content (AvgIpc) is 3.21. The second kappa shape index (κ2) is 9.08. The van der Waals surface area contributed by atoms with Gasteiger partial charge in [-0.3, -0.25) is 14.3 Å². The predicted molar refractivity (Wildman–Crippen MR) is 111 cm³/mol. The van der Waals surface area contributed by atoms with Crippen LogP contribution in [0.1, 0.15) is 20.7 Å². The van der Waals surface area contributed by atoms with Crippen molar-refractivity contribution in [1.29, 1.82) is 0 Å². The Morgan fingerprint density at radius 3 is 2.23 bits per heavy atom. The third kappa shape index (κ3) is 5.15. The van der Waals surface area contributed by atoms with Gasteiger partial charge in [-0.05, 0) is 48.5 Å². The monoisotopic (exact) mass is 444 g/mol. The first-order chi connectivity index (χ1) is 14.7. The van der Waals surface area contributed by atoms with Crippen LogP contribution < -0.4 is 10.1 Å². The Kier molecular flexibility index (Phi) is 6.49. The summed E-state index contributed by atoms with van der Waals surface area (Å²) in [6.07, 6.45) is 3.05. The summed E-state index contributed by atoms with van der Waals surface area (Å²) >= 11 is 0. The molecule has 1 amide bonds. The molecule has 1 N–H and O–H groups in total. The molecule has 1 aromatic heterocycles. The number of hydrogen-bond acceptors (Lipinski definition) is 7. The number of amides is 1. The van der Waals surface area contributed by atoms with Gasteiger partial charge in [-0.15, -0.1) is 0 Å². The molecular weight excluding hydrogens is 424 g/mol. The highest BCUT2D eigenvalue weighted by atomic mass is 32.2. The van der Waals surface area contributed by atoms with E-state index in [1.807, 2.05) is 0 Å². The molecule has 0 aliphatic carbocycles. The lowest BCUT2D eigenvalue weighted by Gasteiger charge is -2.14. The van der Waals surface area contributed by atoms with E-state index in [1.165, 1.54) is 61.4 Å². The summed E-state index contributed by atoms with van der Waals surface area (Å²) in [5.74, 6) is -0.705. The summed E-state index contributed by atoms with van der Waals surface area (Å²) in [5.41, 5.74) is 1.11. The van der Waals surface area contributed by atoms with Crippen LogP contribution in [0, 0.1) is 0 Å². The zero-order valence-corrected chi connectivity index (χ0v) is 17.8. The van der Waals surface area contributed by atoms with E-state index in [2.05, 4.69) is 10.4 Å². The van der Waals surface area contributed by atoms with E-state index >= 15 is 0 Å². The van der Waals surface area contributed by atoms with Gasteiger partial charge in [0.15, 0.2) is 0 Å². The van der Waals surface area contributed by atoms with Crippen molar-refractivity contribution in [3.05, 3.63) is 72.1 Å². The number of carbonyl (C=O) groups is 2. The lowest BCUT2D eigenvalue weighted by molar-refractivity contribution is -0.0258. The van der Waals surface area contributed by atoms with Gasteiger partial charge in [-0.2, -0.15) is 5.10 Å². The lowest BCUT2D eigenvalue weighted by atomic mass is 10.2. The normalized spacial score (nSPS) is 11.4. The molecule has 0 radical (unpaired) electrons. The van der Waals surface area contributed by atoms with Crippen LogP contribution in [0.4, 0.5) is 5.69 Å². The average molecular weight is 444 g/mol. The van der Waals surface area contributed by atoms with Crippen molar-refractivity contribution in [3.63, 3.8) is 0 Å². The summed E-state index contributed by atoms with van der Waals surface area (Å²) in [7, 11) is 0.407. The molecule has 0 saturated carbocycles. The highest BCUT2D eigenvalue weighted by Crippen LogP contribution is 2.19. The number of hydroxylamine groups is 1. The Balaban J connectivity index is 1.63. The van der Waals surface area contributed by atoms with Crippen LogP contribution >= 0.6 is 0 Å². The molecule has 10 nitrogen and oxygen atoms in total. The molecule has 1 heterocycles. The van der Waals surface area contributed by atoms with Gasteiger partial charge in [0.05, 0.1) is 29.3 Å². The Bertz CT molecular complexity index is 1190. The molecule has 0 aliphatic heterocycles. The highest BCUT2D eigenvalue weighted by Gasteiger charge is 2.21. The van der Waals surface area contributed by atoms with Gasteiger partial charge in [-0.1, -0.05) is 4.47 Å². The number of carbonyl (C=O) groups excluding carboxylic acids is 2. The summed E-state index contributed by atoms with van der Waals surface area (Å²) in [6.45, 7) is 0. The largest absolute Gasteiger partial charge is 0.423 e. The Labute approximate surface area is 179 Å². The topological polar surface area (TPSA) is 120 Å². The van der Waals surface area contributed by atoms with Crippen LogP contribution in [0.15, 0.2) is 65.8 Å². The van der Waals surface area contributed by atoms with Crippen molar-refractivity contribution in [2.24, 2.45) is 7.05 Å². The maximum Gasteiger partial charge on any atom is 0.343 e. The SMILES string of the molecule is CON(C)S(=O)(=O)c1ccc(C(=O)Oc2ccc(NC(=O)c3cnn(C)c3)cc2)cc1.